The van der Waals surface area contributed by atoms with Crippen LogP contribution in [-0.2, 0) is 4.57 Å². The third-order valence-corrected chi connectivity index (χ3v) is 3.58. The van der Waals surface area contributed by atoms with Crippen molar-refractivity contribution in [3.05, 3.63) is 34.4 Å². The molecule has 0 aromatic heterocycles. The summed E-state index contributed by atoms with van der Waals surface area (Å²) in [7, 11) is -2.69. The van der Waals surface area contributed by atoms with E-state index in [0.717, 1.165) is 16.7 Å². The van der Waals surface area contributed by atoms with Gasteiger partial charge in [-0.1, -0.05) is 17.7 Å². The van der Waals surface area contributed by atoms with Crippen LogP contribution in [0.25, 0.3) is 0 Å². The molecule has 2 nitrogen and oxygen atoms in total. The molecule has 0 radical (unpaired) electrons. The lowest BCUT2D eigenvalue weighted by molar-refractivity contribution is 0.107. The first-order valence-corrected chi connectivity index (χ1v) is 13.9. The van der Waals surface area contributed by atoms with E-state index in [4.69, 9.17) is 0 Å². The highest BCUT2D eigenvalue weighted by Crippen LogP contribution is 2.41. The number of carbonyl (C=O) groups excluding carboxylic acids is 1. The quantitative estimate of drug-likeness (QED) is 0.436. The maximum absolute atomic E-state index is 12.0. The Balaban J connectivity index is 0.00000121. The number of halogens is 2. The molecule has 0 spiro atoms. The Morgan fingerprint density at radius 2 is 1.41 bits per heavy atom. The first kappa shape index (κ1) is 17.6. The molecule has 5 heteroatoms. The Labute approximate surface area is 127 Å². The van der Waals surface area contributed by atoms with E-state index in [0.29, 0.717) is 5.56 Å². The van der Waals surface area contributed by atoms with Gasteiger partial charge in [-0.25, -0.2) is 0 Å². The van der Waals surface area contributed by atoms with Crippen molar-refractivity contribution in [3.8, 4) is 0 Å². The van der Waals surface area contributed by atoms with Gasteiger partial charge in [-0.3, -0.25) is 4.79 Å². The van der Waals surface area contributed by atoms with Gasteiger partial charge >= 0.3 is 0 Å². The summed E-state index contributed by atoms with van der Waals surface area (Å²) in [5, 5.41) is 0. The van der Waals surface area contributed by atoms with Crippen LogP contribution in [0, 0.1) is 20.8 Å². The van der Waals surface area contributed by atoms with Crippen LogP contribution < -0.4 is 0 Å². The van der Waals surface area contributed by atoms with Crippen LogP contribution in [0.5, 0.6) is 0 Å². The van der Waals surface area contributed by atoms with Crippen LogP contribution in [0.1, 0.15) is 27.0 Å². The summed E-state index contributed by atoms with van der Waals surface area (Å²) < 4.78 is 11.8. The average Bonchev–Trinajstić information content (AvgIpc) is 2.17. The van der Waals surface area contributed by atoms with Gasteiger partial charge in [0.05, 0.1) is 0 Å². The average molecular weight is 478 g/mol. The molecule has 1 aromatic carbocycles. The molecule has 0 saturated heterocycles. The second-order valence-corrected chi connectivity index (χ2v) is 7.54. The van der Waals surface area contributed by atoms with Gasteiger partial charge in [0.15, 0.2) is 0 Å². The molecule has 0 fully saturated rings. The molecule has 0 N–H and O–H groups in total. The van der Waals surface area contributed by atoms with E-state index in [1.54, 1.807) is 0 Å². The summed E-state index contributed by atoms with van der Waals surface area (Å²) in [6, 6.07) is 3.91. The fraction of sp³-hybridized carbons (Fsp3) is 0.417. The van der Waals surface area contributed by atoms with Crippen molar-refractivity contribution >= 4 is 49.9 Å². The second-order valence-electron chi connectivity index (χ2n) is 4.43. The van der Waals surface area contributed by atoms with E-state index >= 15 is 0 Å². The third-order valence-electron chi connectivity index (χ3n) is 2.38. The lowest BCUT2D eigenvalue weighted by Gasteiger charge is -2.12. The molecule has 0 amide bonds. The Morgan fingerprint density at radius 3 is 1.71 bits per heavy atom. The van der Waals surface area contributed by atoms with Crippen LogP contribution in [0.3, 0.4) is 0 Å². The molecule has 0 aliphatic carbocycles. The molecule has 0 bridgehead atoms. The summed E-state index contributed by atoms with van der Waals surface area (Å²) in [6.45, 7) is 8.82. The van der Waals surface area contributed by atoms with Crippen LogP contribution in [0.2, 0.25) is 0 Å². The minimum Gasteiger partial charge on any atom is -0.316 e. The second kappa shape index (κ2) is 7.24. The minimum absolute atomic E-state index is 0.211. The summed E-state index contributed by atoms with van der Waals surface area (Å²) in [5.74, 6) is 0. The first-order valence-electron chi connectivity index (χ1n) is 5.05. The number of rotatable bonds is 2. The Hall–Kier alpha value is 0.580. The maximum Gasteiger partial charge on any atom is 0.221 e. The van der Waals surface area contributed by atoms with Crippen LogP contribution in [0.4, 0.5) is 0 Å². The zero-order chi connectivity index (χ0) is 13.8. The molecule has 0 atom stereocenters. The number of aryl methyl sites for hydroxylation is 3. The molecular formula is C12H17I2O2P. The smallest absolute Gasteiger partial charge is 0.221 e. The van der Waals surface area contributed by atoms with Crippen molar-refractivity contribution in [2.24, 2.45) is 0 Å². The Morgan fingerprint density at radius 1 is 1.06 bits per heavy atom. The van der Waals surface area contributed by atoms with Crippen molar-refractivity contribution in [2.45, 2.75) is 20.8 Å². The molecule has 0 aliphatic rings. The van der Waals surface area contributed by atoms with Gasteiger partial charge in [-0.15, -0.1) is 0 Å². The first-order chi connectivity index (χ1) is 7.73. The number of hydrogen-bond donors (Lipinski definition) is 0. The number of hydrogen-bond acceptors (Lipinski definition) is 2. The largest absolute Gasteiger partial charge is 0.316 e. The van der Waals surface area contributed by atoms with Crippen molar-refractivity contribution in [2.75, 3.05) is 13.3 Å². The molecule has 0 saturated carbocycles. The Bertz CT molecular complexity index is 441. The van der Waals surface area contributed by atoms with Crippen molar-refractivity contribution in [1.82, 2.24) is 0 Å². The predicted octanol–water partition coefficient (Wildman–Crippen LogP) is 5.15. The predicted molar refractivity (Wildman–Crippen MR) is 92.5 cm³/mol. The molecule has 1 rings (SSSR count). The zero-order valence-corrected chi connectivity index (χ0v) is 15.9. The van der Waals surface area contributed by atoms with Gasteiger partial charge in [0.25, 0.3) is 0 Å². The lowest BCUT2D eigenvalue weighted by atomic mass is 10.0. The lowest BCUT2D eigenvalue weighted by Crippen LogP contribution is -2.05. The van der Waals surface area contributed by atoms with Crippen LogP contribution in [0.15, 0.2) is 12.1 Å². The topological polar surface area (TPSA) is 34.1 Å². The van der Waals surface area contributed by atoms with E-state index in [9.17, 15) is 9.36 Å². The van der Waals surface area contributed by atoms with Crippen LogP contribution >= 0.6 is 44.4 Å². The van der Waals surface area contributed by atoms with E-state index in [1.807, 2.05) is 32.9 Å². The van der Waals surface area contributed by atoms with E-state index in [1.165, 1.54) is 13.3 Å². The summed E-state index contributed by atoms with van der Waals surface area (Å²) >= 11 is 4.24. The molecule has 1 aromatic rings. The van der Waals surface area contributed by atoms with Crippen molar-refractivity contribution < 1.29 is 9.36 Å². The monoisotopic (exact) mass is 478 g/mol. The fourth-order valence-electron chi connectivity index (χ4n) is 1.79. The van der Waals surface area contributed by atoms with Gasteiger partial charge in [0, 0.05) is 42.8 Å². The standard InChI is InChI=1S/C12H17O2P.I2/c1-8-6-9(2)11(10(3)7-8)12(13)15(4,5)14;1-2/h6-7H,1-5H3;. The zero-order valence-electron chi connectivity index (χ0n) is 10.7. The third kappa shape index (κ3) is 4.99. The highest BCUT2D eigenvalue weighted by Gasteiger charge is 2.24. The summed E-state index contributed by atoms with van der Waals surface area (Å²) in [4.78, 5) is 12.0. The van der Waals surface area contributed by atoms with E-state index in [-0.39, 0.29) is 5.52 Å². The van der Waals surface area contributed by atoms with Crippen LogP contribution in [-0.4, -0.2) is 18.9 Å². The molecule has 0 unspecified atom stereocenters. The SMILES string of the molecule is Cc1cc(C)c(C(=O)P(C)(C)=O)c(C)c1.II. The van der Waals surface area contributed by atoms with Gasteiger partial charge in [-0.05, 0) is 45.2 Å². The number of benzene rings is 1. The minimum atomic E-state index is -2.69. The maximum atomic E-state index is 12.0. The molecule has 96 valence electrons. The molecule has 0 aliphatic heterocycles. The normalized spacial score (nSPS) is 10.5. The molecule has 17 heavy (non-hydrogen) atoms. The van der Waals surface area contributed by atoms with E-state index < -0.39 is 7.14 Å². The molecule has 0 heterocycles. The Kier molecular flexibility index (Phi) is 7.49. The summed E-state index contributed by atoms with van der Waals surface area (Å²) in [5.41, 5.74) is 3.39. The van der Waals surface area contributed by atoms with Crippen molar-refractivity contribution in [3.63, 3.8) is 0 Å². The van der Waals surface area contributed by atoms with Gasteiger partial charge in [0.2, 0.25) is 5.52 Å². The fourth-order valence-corrected chi connectivity index (χ4v) is 2.68. The van der Waals surface area contributed by atoms with Gasteiger partial charge in [-0.2, -0.15) is 0 Å². The highest BCUT2D eigenvalue weighted by atomic mass is 128. The van der Waals surface area contributed by atoms with E-state index in [2.05, 4.69) is 37.2 Å². The van der Waals surface area contributed by atoms with Gasteiger partial charge in [0.1, 0.15) is 7.14 Å². The molecular weight excluding hydrogens is 461 g/mol. The summed E-state index contributed by atoms with van der Waals surface area (Å²) in [6.07, 6.45) is 0. The highest BCUT2D eigenvalue weighted by molar-refractivity contribution is 15.0. The number of carbonyl (C=O) groups is 1. The van der Waals surface area contributed by atoms with Crippen molar-refractivity contribution in [1.29, 1.82) is 0 Å². The van der Waals surface area contributed by atoms with Gasteiger partial charge < -0.3 is 4.57 Å².